The summed E-state index contributed by atoms with van der Waals surface area (Å²) in [6, 6.07) is 12.5. The summed E-state index contributed by atoms with van der Waals surface area (Å²) in [6.07, 6.45) is 0.860. The van der Waals surface area contributed by atoms with Crippen molar-refractivity contribution in [1.29, 1.82) is 0 Å². The Bertz CT molecular complexity index is 575. The van der Waals surface area contributed by atoms with Gasteiger partial charge in [-0.3, -0.25) is 0 Å². The van der Waals surface area contributed by atoms with Crippen LogP contribution in [0.4, 0.5) is 4.39 Å². The number of hydrogen-bond donors (Lipinski definition) is 1. The smallest absolute Gasteiger partial charge is 0.141 e. The zero-order valence-electron chi connectivity index (χ0n) is 11.5. The standard InChI is InChI=1S/C16H17BrFNO2/c17-15-6-5-14(11-16(15)18)21-10-9-20-13-3-1-12(2-4-13)7-8-19/h1-6,11H,7-10,19H2. The van der Waals surface area contributed by atoms with Crippen LogP contribution in [0.2, 0.25) is 0 Å². The Hall–Kier alpha value is -1.59. The summed E-state index contributed by atoms with van der Waals surface area (Å²) in [6.45, 7) is 1.39. The van der Waals surface area contributed by atoms with Gasteiger partial charge in [-0.2, -0.15) is 0 Å². The zero-order chi connectivity index (χ0) is 15.1. The molecule has 0 bridgehead atoms. The van der Waals surface area contributed by atoms with E-state index in [1.807, 2.05) is 24.3 Å². The fourth-order valence-corrected chi connectivity index (χ4v) is 2.05. The van der Waals surface area contributed by atoms with Crippen molar-refractivity contribution in [2.75, 3.05) is 19.8 Å². The molecule has 0 radical (unpaired) electrons. The van der Waals surface area contributed by atoms with Gasteiger partial charge in [-0.25, -0.2) is 4.39 Å². The molecule has 0 fully saturated rings. The van der Waals surface area contributed by atoms with Gasteiger partial charge in [-0.1, -0.05) is 12.1 Å². The number of nitrogens with two attached hydrogens (primary N) is 1. The van der Waals surface area contributed by atoms with Crippen molar-refractivity contribution >= 4 is 15.9 Å². The van der Waals surface area contributed by atoms with Gasteiger partial charge < -0.3 is 15.2 Å². The van der Waals surface area contributed by atoms with Crippen LogP contribution in [0, 0.1) is 5.82 Å². The number of halogens is 2. The minimum absolute atomic E-state index is 0.344. The second kappa shape index (κ2) is 8.00. The van der Waals surface area contributed by atoms with Gasteiger partial charge in [0, 0.05) is 6.07 Å². The Labute approximate surface area is 132 Å². The van der Waals surface area contributed by atoms with Gasteiger partial charge in [-0.15, -0.1) is 0 Å². The van der Waals surface area contributed by atoms with Crippen LogP contribution in [-0.4, -0.2) is 19.8 Å². The molecule has 3 nitrogen and oxygen atoms in total. The van der Waals surface area contributed by atoms with E-state index in [0.717, 1.165) is 12.2 Å². The summed E-state index contributed by atoms with van der Waals surface area (Å²) < 4.78 is 24.7. The van der Waals surface area contributed by atoms with E-state index in [9.17, 15) is 4.39 Å². The first-order chi connectivity index (χ1) is 10.2. The fraction of sp³-hybridized carbons (Fsp3) is 0.250. The molecule has 2 aromatic rings. The molecule has 21 heavy (non-hydrogen) atoms. The van der Waals surface area contributed by atoms with Crippen molar-refractivity contribution in [2.45, 2.75) is 6.42 Å². The van der Waals surface area contributed by atoms with Crippen molar-refractivity contribution in [3.05, 3.63) is 58.3 Å². The normalized spacial score (nSPS) is 10.4. The molecule has 2 N–H and O–H groups in total. The molecule has 112 valence electrons. The zero-order valence-corrected chi connectivity index (χ0v) is 13.1. The maximum atomic E-state index is 13.3. The summed E-state index contributed by atoms with van der Waals surface area (Å²) in [5.41, 5.74) is 6.68. The number of hydrogen-bond acceptors (Lipinski definition) is 3. The highest BCUT2D eigenvalue weighted by atomic mass is 79.9. The molecule has 2 rings (SSSR count). The van der Waals surface area contributed by atoms with E-state index in [0.29, 0.717) is 30.0 Å². The number of rotatable bonds is 7. The van der Waals surface area contributed by atoms with Crippen molar-refractivity contribution in [1.82, 2.24) is 0 Å². The van der Waals surface area contributed by atoms with Gasteiger partial charge in [0.05, 0.1) is 4.47 Å². The van der Waals surface area contributed by atoms with Crippen LogP contribution in [0.15, 0.2) is 46.9 Å². The van der Waals surface area contributed by atoms with E-state index in [4.69, 9.17) is 15.2 Å². The summed E-state index contributed by atoms with van der Waals surface area (Å²) in [7, 11) is 0. The third-order valence-electron chi connectivity index (χ3n) is 2.87. The van der Waals surface area contributed by atoms with E-state index in [-0.39, 0.29) is 5.82 Å². The Kier molecular flexibility index (Phi) is 6.02. The van der Waals surface area contributed by atoms with Gasteiger partial charge in [-0.05, 0) is 58.7 Å². The molecule has 0 heterocycles. The van der Waals surface area contributed by atoms with E-state index in [1.54, 1.807) is 12.1 Å². The van der Waals surface area contributed by atoms with Crippen LogP contribution >= 0.6 is 15.9 Å². The molecule has 0 unspecified atom stereocenters. The van der Waals surface area contributed by atoms with E-state index in [1.165, 1.54) is 11.6 Å². The van der Waals surface area contributed by atoms with Crippen molar-refractivity contribution < 1.29 is 13.9 Å². The Morgan fingerprint density at radius 1 is 0.952 bits per heavy atom. The summed E-state index contributed by atoms with van der Waals surface area (Å²) in [4.78, 5) is 0. The Morgan fingerprint density at radius 2 is 1.57 bits per heavy atom. The average Bonchev–Trinajstić information content (AvgIpc) is 2.49. The molecule has 2 aromatic carbocycles. The lowest BCUT2D eigenvalue weighted by molar-refractivity contribution is 0.216. The molecule has 0 saturated heterocycles. The lowest BCUT2D eigenvalue weighted by Crippen LogP contribution is -2.09. The molecule has 0 aliphatic rings. The first kappa shape index (κ1) is 15.8. The van der Waals surface area contributed by atoms with Crippen LogP contribution in [0.5, 0.6) is 11.5 Å². The summed E-state index contributed by atoms with van der Waals surface area (Å²) in [5.74, 6) is 0.919. The van der Waals surface area contributed by atoms with Crippen molar-refractivity contribution in [3.8, 4) is 11.5 Å². The first-order valence-corrected chi connectivity index (χ1v) is 7.48. The van der Waals surface area contributed by atoms with Crippen molar-refractivity contribution in [2.24, 2.45) is 5.73 Å². The maximum Gasteiger partial charge on any atom is 0.141 e. The minimum atomic E-state index is -0.344. The highest BCUT2D eigenvalue weighted by molar-refractivity contribution is 9.10. The van der Waals surface area contributed by atoms with E-state index < -0.39 is 0 Å². The molecule has 0 aliphatic carbocycles. The van der Waals surface area contributed by atoms with Gasteiger partial charge in [0.25, 0.3) is 0 Å². The second-order valence-corrected chi connectivity index (χ2v) is 5.31. The highest BCUT2D eigenvalue weighted by Crippen LogP contribution is 2.20. The summed E-state index contributed by atoms with van der Waals surface area (Å²) in [5, 5.41) is 0. The molecule has 0 aliphatic heterocycles. The van der Waals surface area contributed by atoms with Crippen LogP contribution in [-0.2, 0) is 6.42 Å². The van der Waals surface area contributed by atoms with Crippen molar-refractivity contribution in [3.63, 3.8) is 0 Å². The van der Waals surface area contributed by atoms with Gasteiger partial charge in [0.1, 0.15) is 30.5 Å². The predicted molar refractivity (Wildman–Crippen MR) is 84.3 cm³/mol. The van der Waals surface area contributed by atoms with E-state index in [2.05, 4.69) is 15.9 Å². The van der Waals surface area contributed by atoms with E-state index >= 15 is 0 Å². The minimum Gasteiger partial charge on any atom is -0.490 e. The van der Waals surface area contributed by atoms with Gasteiger partial charge in [0.2, 0.25) is 0 Å². The lowest BCUT2D eigenvalue weighted by Gasteiger charge is -2.09. The molecule has 0 spiro atoms. The molecule has 5 heteroatoms. The molecule has 0 amide bonds. The molecule has 0 atom stereocenters. The van der Waals surface area contributed by atoms with Crippen LogP contribution < -0.4 is 15.2 Å². The monoisotopic (exact) mass is 353 g/mol. The predicted octanol–water partition coefficient (Wildman–Crippen LogP) is 3.55. The van der Waals surface area contributed by atoms with Crippen LogP contribution in [0.1, 0.15) is 5.56 Å². The third-order valence-corrected chi connectivity index (χ3v) is 3.51. The van der Waals surface area contributed by atoms with Crippen LogP contribution in [0.3, 0.4) is 0 Å². The number of benzene rings is 2. The molecular weight excluding hydrogens is 337 g/mol. The van der Waals surface area contributed by atoms with Gasteiger partial charge in [0.15, 0.2) is 0 Å². The quantitative estimate of drug-likeness (QED) is 0.774. The summed E-state index contributed by atoms with van der Waals surface area (Å²) >= 11 is 3.10. The topological polar surface area (TPSA) is 44.5 Å². The Balaban J connectivity index is 1.75. The molecule has 0 saturated carbocycles. The Morgan fingerprint density at radius 3 is 2.19 bits per heavy atom. The third kappa shape index (κ3) is 5.02. The van der Waals surface area contributed by atoms with Gasteiger partial charge >= 0.3 is 0 Å². The largest absolute Gasteiger partial charge is 0.490 e. The lowest BCUT2D eigenvalue weighted by atomic mass is 10.1. The SMILES string of the molecule is NCCc1ccc(OCCOc2ccc(Br)c(F)c2)cc1. The fourth-order valence-electron chi connectivity index (χ4n) is 1.80. The highest BCUT2D eigenvalue weighted by Gasteiger charge is 2.01. The first-order valence-electron chi connectivity index (χ1n) is 6.68. The second-order valence-electron chi connectivity index (χ2n) is 4.46. The molecular formula is C16H17BrFNO2. The number of ether oxygens (including phenoxy) is 2. The average molecular weight is 354 g/mol. The van der Waals surface area contributed by atoms with Crippen LogP contribution in [0.25, 0.3) is 0 Å². The maximum absolute atomic E-state index is 13.3. The molecule has 0 aromatic heterocycles.